The van der Waals surface area contributed by atoms with Crippen molar-refractivity contribution < 1.29 is 18.8 Å². The Morgan fingerprint density at radius 1 is 1.55 bits per heavy atom. The van der Waals surface area contributed by atoms with Gasteiger partial charge in [-0.15, -0.1) is 0 Å². The van der Waals surface area contributed by atoms with E-state index in [9.17, 15) is 19.3 Å². The van der Waals surface area contributed by atoms with E-state index in [1.54, 1.807) is 0 Å². The molecule has 108 valence electrons. The van der Waals surface area contributed by atoms with Crippen LogP contribution in [0.1, 0.15) is 12.8 Å². The largest absolute Gasteiger partial charge is 0.482 e. The number of nitro groups is 1. The van der Waals surface area contributed by atoms with Gasteiger partial charge in [-0.1, -0.05) is 6.07 Å². The fourth-order valence-corrected chi connectivity index (χ4v) is 1.96. The van der Waals surface area contributed by atoms with Gasteiger partial charge < -0.3 is 16.2 Å². The van der Waals surface area contributed by atoms with Gasteiger partial charge in [0, 0.05) is 6.07 Å². The van der Waals surface area contributed by atoms with E-state index in [2.05, 4.69) is 0 Å². The van der Waals surface area contributed by atoms with Crippen molar-refractivity contribution >= 4 is 11.6 Å². The fraction of sp³-hybridized carbons (Fsp3) is 0.417. The van der Waals surface area contributed by atoms with Gasteiger partial charge in [-0.2, -0.15) is 0 Å². The van der Waals surface area contributed by atoms with Crippen molar-refractivity contribution in [2.75, 3.05) is 6.61 Å². The van der Waals surface area contributed by atoms with Crippen LogP contribution < -0.4 is 16.2 Å². The van der Waals surface area contributed by atoms with E-state index in [-0.39, 0.29) is 5.92 Å². The van der Waals surface area contributed by atoms with E-state index in [1.807, 2.05) is 0 Å². The molecular weight excluding hydrogens is 269 g/mol. The number of nitro benzene ring substituents is 1. The molecular formula is C12H14FN3O4. The van der Waals surface area contributed by atoms with Crippen molar-refractivity contribution in [3.8, 4) is 5.75 Å². The number of hydrogen-bond acceptors (Lipinski definition) is 5. The van der Waals surface area contributed by atoms with E-state index in [1.165, 1.54) is 6.07 Å². The lowest BCUT2D eigenvalue weighted by molar-refractivity contribution is -0.386. The Morgan fingerprint density at radius 2 is 2.20 bits per heavy atom. The average molecular weight is 283 g/mol. The second kappa shape index (κ2) is 5.04. The Bertz CT molecular complexity index is 562. The van der Waals surface area contributed by atoms with E-state index < -0.39 is 40.2 Å². The van der Waals surface area contributed by atoms with Crippen molar-refractivity contribution in [3.63, 3.8) is 0 Å². The number of carbonyl (C=O) groups excluding carboxylic acids is 1. The predicted octanol–water partition coefficient (Wildman–Crippen LogP) is 0.705. The van der Waals surface area contributed by atoms with Gasteiger partial charge in [0.05, 0.1) is 4.92 Å². The van der Waals surface area contributed by atoms with Crippen LogP contribution in [0.5, 0.6) is 5.75 Å². The maximum atomic E-state index is 13.6. The van der Waals surface area contributed by atoms with Crippen molar-refractivity contribution in [2.24, 2.45) is 17.4 Å². The molecule has 8 heteroatoms. The number of nitrogens with zero attached hydrogens (tertiary/aromatic N) is 1. The van der Waals surface area contributed by atoms with E-state index in [0.29, 0.717) is 0 Å². The van der Waals surface area contributed by atoms with Gasteiger partial charge in [0.15, 0.2) is 5.82 Å². The minimum absolute atomic E-state index is 0.133. The number of benzene rings is 1. The van der Waals surface area contributed by atoms with Gasteiger partial charge in [0.1, 0.15) is 12.1 Å². The maximum absolute atomic E-state index is 13.6. The van der Waals surface area contributed by atoms with Crippen molar-refractivity contribution in [1.82, 2.24) is 0 Å². The molecule has 0 aliphatic heterocycles. The van der Waals surface area contributed by atoms with Crippen LogP contribution in [0.15, 0.2) is 18.2 Å². The first-order valence-electron chi connectivity index (χ1n) is 6.00. The van der Waals surface area contributed by atoms with Crippen LogP contribution in [0.4, 0.5) is 10.1 Å². The molecule has 2 rings (SSSR count). The summed E-state index contributed by atoms with van der Waals surface area (Å²) in [5, 5.41) is 10.8. The highest BCUT2D eigenvalue weighted by atomic mass is 19.1. The van der Waals surface area contributed by atoms with Crippen LogP contribution in [0.3, 0.4) is 0 Å². The number of halogens is 1. The van der Waals surface area contributed by atoms with Crippen LogP contribution in [-0.4, -0.2) is 23.0 Å². The Kier molecular flexibility index (Phi) is 3.58. The number of nitrogens with two attached hydrogens (primary N) is 2. The third-order valence-corrected chi connectivity index (χ3v) is 3.36. The van der Waals surface area contributed by atoms with E-state index in [0.717, 1.165) is 25.0 Å². The Hall–Kier alpha value is -2.22. The lowest BCUT2D eigenvalue weighted by Crippen LogP contribution is -2.58. The average Bonchev–Trinajstić information content (AvgIpc) is 3.20. The Morgan fingerprint density at radius 3 is 2.70 bits per heavy atom. The topological polar surface area (TPSA) is 121 Å². The normalized spacial score (nSPS) is 17.3. The van der Waals surface area contributed by atoms with Gasteiger partial charge >= 0.3 is 5.69 Å². The first kappa shape index (κ1) is 14.2. The number of ether oxygens (including phenoxy) is 1. The van der Waals surface area contributed by atoms with Crippen molar-refractivity contribution in [2.45, 2.75) is 18.4 Å². The molecule has 1 unspecified atom stereocenters. The number of para-hydroxylation sites is 1. The third kappa shape index (κ3) is 2.55. The summed E-state index contributed by atoms with van der Waals surface area (Å²) in [6, 6.07) is 3.34. The molecule has 0 radical (unpaired) electrons. The van der Waals surface area contributed by atoms with Gasteiger partial charge in [-0.25, -0.2) is 4.39 Å². The van der Waals surface area contributed by atoms with Crippen LogP contribution in [0.25, 0.3) is 0 Å². The lowest BCUT2D eigenvalue weighted by atomic mass is 9.95. The Labute approximate surface area is 113 Å². The summed E-state index contributed by atoms with van der Waals surface area (Å²) in [6.07, 6.45) is 1.45. The summed E-state index contributed by atoms with van der Waals surface area (Å²) < 4.78 is 18.7. The van der Waals surface area contributed by atoms with Gasteiger partial charge in [0.2, 0.25) is 11.7 Å². The summed E-state index contributed by atoms with van der Waals surface area (Å²) >= 11 is 0. The number of hydrogen-bond donors (Lipinski definition) is 2. The molecule has 0 spiro atoms. The first-order chi connectivity index (χ1) is 9.36. The van der Waals surface area contributed by atoms with Crippen molar-refractivity contribution in [1.29, 1.82) is 0 Å². The zero-order valence-electron chi connectivity index (χ0n) is 10.5. The second-order valence-electron chi connectivity index (χ2n) is 4.81. The molecule has 0 heterocycles. The molecule has 1 aliphatic carbocycles. The SMILES string of the molecule is NC(=O)C(N)(COc1c(F)cccc1[N+](=O)[O-])C1CC1. The predicted molar refractivity (Wildman–Crippen MR) is 67.4 cm³/mol. The molecule has 1 fully saturated rings. The van der Waals surface area contributed by atoms with E-state index >= 15 is 0 Å². The standard InChI is InChI=1S/C12H14FN3O4/c13-8-2-1-3-9(16(18)19)10(8)20-6-12(15,11(14)17)7-4-5-7/h1-3,7H,4-6,15H2,(H2,14,17). The first-order valence-corrected chi connectivity index (χ1v) is 6.00. The minimum atomic E-state index is -1.43. The summed E-state index contributed by atoms with van der Waals surface area (Å²) in [4.78, 5) is 21.5. The molecule has 4 N–H and O–H groups in total. The zero-order valence-corrected chi connectivity index (χ0v) is 10.5. The highest BCUT2D eigenvalue weighted by Gasteiger charge is 2.48. The summed E-state index contributed by atoms with van der Waals surface area (Å²) in [5.41, 5.74) is 9.16. The Balaban J connectivity index is 2.22. The smallest absolute Gasteiger partial charge is 0.314 e. The van der Waals surface area contributed by atoms with E-state index in [4.69, 9.17) is 16.2 Å². The fourth-order valence-electron chi connectivity index (χ4n) is 1.96. The quantitative estimate of drug-likeness (QED) is 0.588. The molecule has 1 aliphatic rings. The summed E-state index contributed by atoms with van der Waals surface area (Å²) in [7, 11) is 0. The highest BCUT2D eigenvalue weighted by molar-refractivity contribution is 5.85. The number of rotatable bonds is 6. The van der Waals surface area contributed by atoms with Crippen LogP contribution >= 0.6 is 0 Å². The molecule has 20 heavy (non-hydrogen) atoms. The van der Waals surface area contributed by atoms with Crippen LogP contribution in [0.2, 0.25) is 0 Å². The van der Waals surface area contributed by atoms with Gasteiger partial charge in [-0.3, -0.25) is 14.9 Å². The summed E-state index contributed by atoms with van der Waals surface area (Å²) in [6.45, 7) is -0.394. The minimum Gasteiger partial charge on any atom is -0.482 e. The summed E-state index contributed by atoms with van der Waals surface area (Å²) in [5.74, 6) is -2.32. The maximum Gasteiger partial charge on any atom is 0.314 e. The monoisotopic (exact) mass is 283 g/mol. The van der Waals surface area contributed by atoms with Crippen molar-refractivity contribution in [3.05, 3.63) is 34.1 Å². The molecule has 7 nitrogen and oxygen atoms in total. The molecule has 0 aromatic heterocycles. The molecule has 1 amide bonds. The third-order valence-electron chi connectivity index (χ3n) is 3.36. The number of carbonyl (C=O) groups is 1. The van der Waals surface area contributed by atoms with Gasteiger partial charge in [-0.05, 0) is 24.8 Å². The number of amides is 1. The second-order valence-corrected chi connectivity index (χ2v) is 4.81. The van der Waals surface area contributed by atoms with Crippen LogP contribution in [0, 0.1) is 21.8 Å². The molecule has 1 saturated carbocycles. The molecule has 0 saturated heterocycles. The zero-order chi connectivity index (χ0) is 14.9. The molecule has 1 aromatic rings. The molecule has 1 aromatic carbocycles. The lowest BCUT2D eigenvalue weighted by Gasteiger charge is -2.25. The van der Waals surface area contributed by atoms with Gasteiger partial charge in [0.25, 0.3) is 0 Å². The molecule has 1 atom stereocenters. The van der Waals surface area contributed by atoms with Crippen LogP contribution in [-0.2, 0) is 4.79 Å². The number of primary amides is 1. The highest BCUT2D eigenvalue weighted by Crippen LogP contribution is 2.39. The molecule has 0 bridgehead atoms.